The molecular weight excluding hydrogens is 290 g/mol. The molecule has 1 aromatic heterocycles. The molecule has 0 saturated carbocycles. The number of hydrogen-bond donors (Lipinski definition) is 2. The van der Waals surface area contributed by atoms with Gasteiger partial charge in [-0.05, 0) is 36.6 Å². The Morgan fingerprint density at radius 2 is 2.00 bits per heavy atom. The fourth-order valence-electron chi connectivity index (χ4n) is 2.22. The number of ether oxygens (including phenoxy) is 1. The van der Waals surface area contributed by atoms with Crippen molar-refractivity contribution in [2.75, 3.05) is 27.2 Å². The SMILES string of the molecule is CN=C(NCCCn1cccn1)NCCc1ccc(OC)cc1. The summed E-state index contributed by atoms with van der Waals surface area (Å²) in [4.78, 5) is 4.23. The molecule has 0 unspecified atom stereocenters. The van der Waals surface area contributed by atoms with Gasteiger partial charge in [-0.25, -0.2) is 0 Å². The molecule has 0 saturated heterocycles. The van der Waals surface area contributed by atoms with Crippen LogP contribution in [0.3, 0.4) is 0 Å². The highest BCUT2D eigenvalue weighted by Crippen LogP contribution is 2.11. The summed E-state index contributed by atoms with van der Waals surface area (Å²) in [5.74, 6) is 1.72. The molecule has 0 radical (unpaired) electrons. The Kier molecular flexibility index (Phi) is 6.97. The summed E-state index contributed by atoms with van der Waals surface area (Å²) in [6, 6.07) is 10.1. The highest BCUT2D eigenvalue weighted by atomic mass is 16.5. The second-order valence-electron chi connectivity index (χ2n) is 5.15. The zero-order valence-electron chi connectivity index (χ0n) is 13.8. The van der Waals surface area contributed by atoms with E-state index in [9.17, 15) is 0 Å². The summed E-state index contributed by atoms with van der Waals surface area (Å²) in [5, 5.41) is 10.8. The number of methoxy groups -OCH3 is 1. The third-order valence-electron chi connectivity index (χ3n) is 3.50. The third kappa shape index (κ3) is 6.02. The van der Waals surface area contributed by atoms with Gasteiger partial charge in [0.05, 0.1) is 7.11 Å². The van der Waals surface area contributed by atoms with E-state index in [1.54, 1.807) is 20.4 Å². The zero-order valence-corrected chi connectivity index (χ0v) is 13.8. The van der Waals surface area contributed by atoms with E-state index in [1.807, 2.05) is 29.1 Å². The second-order valence-corrected chi connectivity index (χ2v) is 5.15. The van der Waals surface area contributed by atoms with Crippen molar-refractivity contribution in [1.82, 2.24) is 20.4 Å². The van der Waals surface area contributed by atoms with Gasteiger partial charge in [-0.15, -0.1) is 0 Å². The van der Waals surface area contributed by atoms with E-state index in [-0.39, 0.29) is 0 Å². The van der Waals surface area contributed by atoms with Crippen molar-refractivity contribution in [1.29, 1.82) is 0 Å². The average Bonchev–Trinajstić information content (AvgIpc) is 3.11. The average molecular weight is 315 g/mol. The summed E-state index contributed by atoms with van der Waals surface area (Å²) in [7, 11) is 3.47. The molecule has 2 N–H and O–H groups in total. The van der Waals surface area contributed by atoms with Crippen LogP contribution in [0.15, 0.2) is 47.7 Å². The molecule has 23 heavy (non-hydrogen) atoms. The molecular formula is C17H25N5O. The summed E-state index contributed by atoms with van der Waals surface area (Å²) in [5.41, 5.74) is 1.27. The van der Waals surface area contributed by atoms with Crippen LogP contribution in [-0.2, 0) is 13.0 Å². The molecule has 0 bridgehead atoms. The first-order chi connectivity index (χ1) is 11.3. The molecule has 0 aliphatic rings. The van der Waals surface area contributed by atoms with E-state index >= 15 is 0 Å². The molecule has 1 heterocycles. The third-order valence-corrected chi connectivity index (χ3v) is 3.50. The second kappa shape index (κ2) is 9.50. The molecule has 0 atom stereocenters. The topological polar surface area (TPSA) is 63.5 Å². The molecule has 2 rings (SSSR count). The first-order valence-corrected chi connectivity index (χ1v) is 7.86. The van der Waals surface area contributed by atoms with Gasteiger partial charge < -0.3 is 15.4 Å². The molecule has 1 aromatic carbocycles. The van der Waals surface area contributed by atoms with Crippen molar-refractivity contribution in [3.05, 3.63) is 48.3 Å². The standard InChI is InChI=1S/C17H25N5O/c1-18-17(19-10-3-13-22-14-4-11-21-22)20-12-9-15-5-7-16(23-2)8-6-15/h4-8,11,14H,3,9-10,12-13H2,1-2H3,(H2,18,19,20). The highest BCUT2D eigenvalue weighted by Gasteiger charge is 1.99. The van der Waals surface area contributed by atoms with Gasteiger partial charge in [0.2, 0.25) is 0 Å². The van der Waals surface area contributed by atoms with Crippen molar-refractivity contribution in [2.45, 2.75) is 19.4 Å². The Labute approximate surface area is 137 Å². The Morgan fingerprint density at radius 1 is 1.22 bits per heavy atom. The van der Waals surface area contributed by atoms with Gasteiger partial charge in [-0.3, -0.25) is 9.67 Å². The van der Waals surface area contributed by atoms with Gasteiger partial charge in [0.25, 0.3) is 0 Å². The van der Waals surface area contributed by atoms with Gasteiger partial charge in [0.15, 0.2) is 5.96 Å². The Morgan fingerprint density at radius 3 is 2.65 bits per heavy atom. The molecule has 0 amide bonds. The molecule has 124 valence electrons. The molecule has 2 aromatic rings. The predicted molar refractivity (Wildman–Crippen MR) is 92.9 cm³/mol. The van der Waals surface area contributed by atoms with Crippen LogP contribution in [0.5, 0.6) is 5.75 Å². The number of hydrogen-bond acceptors (Lipinski definition) is 3. The number of aromatic nitrogens is 2. The van der Waals surface area contributed by atoms with E-state index in [1.165, 1.54) is 5.56 Å². The van der Waals surface area contributed by atoms with E-state index < -0.39 is 0 Å². The smallest absolute Gasteiger partial charge is 0.190 e. The fraction of sp³-hybridized carbons (Fsp3) is 0.412. The molecule has 0 aliphatic carbocycles. The van der Waals surface area contributed by atoms with Crippen molar-refractivity contribution in [3.8, 4) is 5.75 Å². The van der Waals surface area contributed by atoms with Gasteiger partial charge in [0.1, 0.15) is 5.75 Å². The van der Waals surface area contributed by atoms with Crippen molar-refractivity contribution in [3.63, 3.8) is 0 Å². The number of aryl methyl sites for hydroxylation is 1. The van der Waals surface area contributed by atoms with Gasteiger partial charge in [-0.2, -0.15) is 5.10 Å². The number of aliphatic imine (C=N–C) groups is 1. The number of nitrogens with one attached hydrogen (secondary N) is 2. The van der Waals surface area contributed by atoms with Crippen molar-refractivity contribution < 1.29 is 4.74 Å². The number of nitrogens with zero attached hydrogens (tertiary/aromatic N) is 3. The maximum Gasteiger partial charge on any atom is 0.190 e. The largest absolute Gasteiger partial charge is 0.497 e. The quantitative estimate of drug-likeness (QED) is 0.442. The van der Waals surface area contributed by atoms with Crippen LogP contribution in [0.25, 0.3) is 0 Å². The minimum atomic E-state index is 0.832. The normalized spacial score (nSPS) is 11.3. The monoisotopic (exact) mass is 315 g/mol. The lowest BCUT2D eigenvalue weighted by molar-refractivity contribution is 0.414. The lowest BCUT2D eigenvalue weighted by Gasteiger charge is -2.12. The summed E-state index contributed by atoms with van der Waals surface area (Å²) >= 11 is 0. The first kappa shape index (κ1) is 16.9. The molecule has 0 fully saturated rings. The summed E-state index contributed by atoms with van der Waals surface area (Å²) in [6.45, 7) is 2.61. The van der Waals surface area contributed by atoms with Crippen LogP contribution in [0, 0.1) is 0 Å². The van der Waals surface area contributed by atoms with Crippen molar-refractivity contribution >= 4 is 5.96 Å². The molecule has 0 aliphatic heterocycles. The van der Waals surface area contributed by atoms with Crippen molar-refractivity contribution in [2.24, 2.45) is 4.99 Å². The Bertz CT molecular complexity index is 578. The van der Waals surface area contributed by atoms with Crippen LogP contribution in [0.4, 0.5) is 0 Å². The number of rotatable bonds is 8. The Hall–Kier alpha value is -2.50. The van der Waals surface area contributed by atoms with E-state index in [2.05, 4.69) is 32.9 Å². The lowest BCUT2D eigenvalue weighted by atomic mass is 10.1. The first-order valence-electron chi connectivity index (χ1n) is 7.86. The molecule has 0 spiro atoms. The maximum absolute atomic E-state index is 5.16. The minimum Gasteiger partial charge on any atom is -0.497 e. The number of guanidine groups is 1. The minimum absolute atomic E-state index is 0.832. The Balaban J connectivity index is 1.62. The van der Waals surface area contributed by atoms with Gasteiger partial charge in [0, 0.05) is 39.1 Å². The maximum atomic E-state index is 5.16. The zero-order chi connectivity index (χ0) is 16.3. The van der Waals surface area contributed by atoms with Gasteiger partial charge in [-0.1, -0.05) is 12.1 Å². The van der Waals surface area contributed by atoms with Crippen LogP contribution >= 0.6 is 0 Å². The summed E-state index contributed by atoms with van der Waals surface area (Å²) in [6.07, 6.45) is 5.72. The van der Waals surface area contributed by atoms with Crippen LogP contribution in [0.1, 0.15) is 12.0 Å². The van der Waals surface area contributed by atoms with Crippen LogP contribution < -0.4 is 15.4 Å². The highest BCUT2D eigenvalue weighted by molar-refractivity contribution is 5.79. The van der Waals surface area contributed by atoms with E-state index in [4.69, 9.17) is 4.74 Å². The molecule has 6 nitrogen and oxygen atoms in total. The van der Waals surface area contributed by atoms with Gasteiger partial charge >= 0.3 is 0 Å². The van der Waals surface area contributed by atoms with E-state index in [0.29, 0.717) is 0 Å². The fourth-order valence-corrected chi connectivity index (χ4v) is 2.22. The summed E-state index contributed by atoms with van der Waals surface area (Å²) < 4.78 is 7.09. The number of benzene rings is 1. The van der Waals surface area contributed by atoms with Crippen LogP contribution in [0.2, 0.25) is 0 Å². The van der Waals surface area contributed by atoms with E-state index in [0.717, 1.165) is 44.2 Å². The predicted octanol–water partition coefficient (Wildman–Crippen LogP) is 1.69. The molecule has 6 heteroatoms. The lowest BCUT2D eigenvalue weighted by Crippen LogP contribution is -2.39. The van der Waals surface area contributed by atoms with Crippen LogP contribution in [-0.4, -0.2) is 43.0 Å².